The van der Waals surface area contributed by atoms with Gasteiger partial charge in [-0.3, -0.25) is 0 Å². The summed E-state index contributed by atoms with van der Waals surface area (Å²) in [5, 5.41) is 13.7. The van der Waals surface area contributed by atoms with E-state index in [1.54, 1.807) is 11.1 Å². The molecule has 9 rings (SSSR count). The van der Waals surface area contributed by atoms with Crippen molar-refractivity contribution >= 4 is 32.7 Å². The molecule has 190 valence electrons. The number of rotatable bonds is 0. The van der Waals surface area contributed by atoms with Crippen molar-refractivity contribution in [1.82, 2.24) is 0 Å². The summed E-state index contributed by atoms with van der Waals surface area (Å²) < 4.78 is 0. The standard InChI is InChI=1S/C40H30/c1-2-10-26-18-34-33(17-25(26)9-1)35-19-27-11-3-4-13-29(27)21-37(35)39-23-31-15-7-8-16-32(31)24-40(39)38-22-30-14-6-5-12-28(30)20-36(34)38/h1-6,9-14,19-24H,7-8,15-18H2. The average molecular weight is 511 g/mol. The summed E-state index contributed by atoms with van der Waals surface area (Å²) in [6, 6.07) is 42.0. The molecule has 0 N–H and O–H groups in total. The second-order valence-electron chi connectivity index (χ2n) is 11.9. The molecule has 0 aromatic heterocycles. The summed E-state index contributed by atoms with van der Waals surface area (Å²) in [4.78, 5) is 0. The maximum absolute atomic E-state index is 2.57. The molecule has 3 aliphatic carbocycles. The first-order valence-electron chi connectivity index (χ1n) is 14.8. The lowest BCUT2D eigenvalue weighted by atomic mass is 9.80. The second kappa shape index (κ2) is 8.54. The smallest absolute Gasteiger partial charge is 0.00137 e. The third-order valence-corrected chi connectivity index (χ3v) is 9.70. The van der Waals surface area contributed by atoms with Crippen LogP contribution in [0.15, 0.2) is 109 Å². The molecule has 0 saturated carbocycles. The topological polar surface area (TPSA) is 0 Å². The van der Waals surface area contributed by atoms with Gasteiger partial charge in [-0.25, -0.2) is 0 Å². The van der Waals surface area contributed by atoms with E-state index in [9.17, 15) is 0 Å². The first-order chi connectivity index (χ1) is 19.8. The fourth-order valence-corrected chi connectivity index (χ4v) is 7.67. The summed E-state index contributed by atoms with van der Waals surface area (Å²) >= 11 is 0. The zero-order valence-electron chi connectivity index (χ0n) is 22.6. The van der Waals surface area contributed by atoms with Crippen LogP contribution in [0.2, 0.25) is 0 Å². The van der Waals surface area contributed by atoms with Crippen molar-refractivity contribution in [3.8, 4) is 0 Å². The normalized spacial score (nSPS) is 15.3. The van der Waals surface area contributed by atoms with Gasteiger partial charge in [-0.05, 0) is 149 Å². The predicted molar refractivity (Wildman–Crippen MR) is 166 cm³/mol. The zero-order valence-corrected chi connectivity index (χ0v) is 22.6. The van der Waals surface area contributed by atoms with Crippen LogP contribution in [0, 0.1) is 20.9 Å². The van der Waals surface area contributed by atoms with Crippen LogP contribution in [-0.2, 0) is 25.7 Å². The van der Waals surface area contributed by atoms with Crippen molar-refractivity contribution in [2.45, 2.75) is 38.5 Å². The molecule has 0 fully saturated rings. The van der Waals surface area contributed by atoms with Crippen LogP contribution in [-0.4, -0.2) is 0 Å². The van der Waals surface area contributed by atoms with E-state index in [1.165, 1.54) is 101 Å². The maximum Gasteiger partial charge on any atom is -0.00137 e. The van der Waals surface area contributed by atoms with Gasteiger partial charge in [0.15, 0.2) is 0 Å². The molecule has 0 aliphatic heterocycles. The van der Waals surface area contributed by atoms with E-state index < -0.39 is 0 Å². The largest absolute Gasteiger partial charge is 0.0620 e. The van der Waals surface area contributed by atoms with E-state index in [4.69, 9.17) is 0 Å². The molecule has 6 aromatic rings. The Bertz CT molecular complexity index is 2200. The Morgan fingerprint density at radius 3 is 1.10 bits per heavy atom. The average Bonchev–Trinajstić information content (AvgIpc) is 3.02. The molecular weight excluding hydrogens is 480 g/mol. The summed E-state index contributed by atoms with van der Waals surface area (Å²) in [5.74, 6) is 0. The van der Waals surface area contributed by atoms with Crippen LogP contribution in [0.25, 0.3) is 32.7 Å². The number of aryl methyl sites for hydroxylation is 2. The number of hydrogen-bond acceptors (Lipinski definition) is 0. The van der Waals surface area contributed by atoms with E-state index >= 15 is 0 Å². The van der Waals surface area contributed by atoms with Crippen molar-refractivity contribution in [2.75, 3.05) is 0 Å². The Kier molecular flexibility index (Phi) is 4.78. The van der Waals surface area contributed by atoms with Crippen molar-refractivity contribution in [3.63, 3.8) is 0 Å². The van der Waals surface area contributed by atoms with Crippen molar-refractivity contribution < 1.29 is 0 Å². The minimum atomic E-state index is 0.976. The Balaban J connectivity index is 1.64. The predicted octanol–water partition coefficient (Wildman–Crippen LogP) is 7.56. The molecule has 40 heavy (non-hydrogen) atoms. The van der Waals surface area contributed by atoms with Gasteiger partial charge >= 0.3 is 0 Å². The van der Waals surface area contributed by atoms with E-state index in [-0.39, 0.29) is 0 Å². The highest BCUT2D eigenvalue weighted by atomic mass is 14.2. The number of benzene rings is 6. The van der Waals surface area contributed by atoms with Crippen molar-refractivity contribution in [3.05, 3.63) is 163 Å². The molecule has 0 heterocycles. The van der Waals surface area contributed by atoms with Crippen LogP contribution in [0.1, 0.15) is 35.1 Å². The molecule has 0 radical (unpaired) electrons. The molecule has 0 spiro atoms. The highest BCUT2D eigenvalue weighted by molar-refractivity contribution is 5.95. The number of hydrogen-bond donors (Lipinski definition) is 0. The van der Waals surface area contributed by atoms with Crippen LogP contribution in [0.4, 0.5) is 0 Å². The molecule has 0 nitrogen and oxygen atoms in total. The van der Waals surface area contributed by atoms with Crippen molar-refractivity contribution in [1.29, 1.82) is 0 Å². The monoisotopic (exact) mass is 510 g/mol. The highest BCUT2D eigenvalue weighted by Gasteiger charge is 2.21. The minimum Gasteiger partial charge on any atom is -0.0620 e. The molecular formula is C40H30. The number of fused-ring (bicyclic) bond motifs is 8. The summed E-state index contributed by atoms with van der Waals surface area (Å²) in [7, 11) is 0. The van der Waals surface area contributed by atoms with Gasteiger partial charge in [0.2, 0.25) is 0 Å². The van der Waals surface area contributed by atoms with Gasteiger partial charge in [-0.1, -0.05) is 84.9 Å². The fraction of sp³-hybridized carbons (Fsp3) is 0.150. The van der Waals surface area contributed by atoms with E-state index in [0.29, 0.717) is 0 Å². The molecule has 0 unspecified atom stereocenters. The van der Waals surface area contributed by atoms with Crippen LogP contribution >= 0.6 is 0 Å². The van der Waals surface area contributed by atoms with Gasteiger partial charge in [0, 0.05) is 0 Å². The SMILES string of the molecule is c1ccc2c(c1)CC1=c3cc4ccccc4cc3=c3cc4c(cc3=c3cc5ccccc5cc3=C1C2)CCCC4. The third-order valence-electron chi connectivity index (χ3n) is 9.70. The lowest BCUT2D eigenvalue weighted by Gasteiger charge is -2.24. The van der Waals surface area contributed by atoms with Crippen LogP contribution in [0.5, 0.6) is 0 Å². The zero-order chi connectivity index (χ0) is 26.2. The minimum absolute atomic E-state index is 0.976. The Hall–Kier alpha value is -4.42. The van der Waals surface area contributed by atoms with Gasteiger partial charge in [-0.15, -0.1) is 0 Å². The summed E-state index contributed by atoms with van der Waals surface area (Å²) in [6.45, 7) is 0. The van der Waals surface area contributed by atoms with Gasteiger partial charge in [0.1, 0.15) is 0 Å². The first kappa shape index (κ1) is 22.4. The Morgan fingerprint density at radius 1 is 0.325 bits per heavy atom. The van der Waals surface area contributed by atoms with Gasteiger partial charge in [0.25, 0.3) is 0 Å². The van der Waals surface area contributed by atoms with Crippen LogP contribution < -0.4 is 10.4 Å². The quantitative estimate of drug-likeness (QED) is 0.198. The molecule has 0 saturated heterocycles. The van der Waals surface area contributed by atoms with E-state index in [0.717, 1.165) is 12.8 Å². The van der Waals surface area contributed by atoms with Gasteiger partial charge in [0.05, 0.1) is 0 Å². The molecule has 0 atom stereocenters. The Labute approximate surface area is 233 Å². The van der Waals surface area contributed by atoms with Crippen LogP contribution in [0.3, 0.4) is 0 Å². The molecule has 3 aliphatic rings. The third kappa shape index (κ3) is 3.32. The van der Waals surface area contributed by atoms with Gasteiger partial charge in [-0.2, -0.15) is 0 Å². The van der Waals surface area contributed by atoms with E-state index in [2.05, 4.69) is 109 Å². The molecule has 6 aromatic carbocycles. The lowest BCUT2D eigenvalue weighted by Crippen LogP contribution is -2.24. The Morgan fingerprint density at radius 2 is 0.675 bits per heavy atom. The second-order valence-corrected chi connectivity index (χ2v) is 11.9. The highest BCUT2D eigenvalue weighted by Crippen LogP contribution is 2.32. The van der Waals surface area contributed by atoms with Crippen molar-refractivity contribution in [2.24, 2.45) is 0 Å². The summed E-state index contributed by atoms with van der Waals surface area (Å²) in [5.41, 5.74) is 9.03. The van der Waals surface area contributed by atoms with E-state index in [1.807, 2.05) is 0 Å². The maximum atomic E-state index is 2.57. The molecule has 0 bridgehead atoms. The molecule has 0 amide bonds. The fourth-order valence-electron chi connectivity index (χ4n) is 7.67. The summed E-state index contributed by atoms with van der Waals surface area (Å²) in [6.07, 6.45) is 6.93. The van der Waals surface area contributed by atoms with Gasteiger partial charge < -0.3 is 0 Å². The first-order valence-corrected chi connectivity index (χ1v) is 14.8. The lowest BCUT2D eigenvalue weighted by molar-refractivity contribution is 0.684. The molecule has 0 heteroatoms.